The fraction of sp³-hybridized carbons (Fsp3) is 0.600. The molecule has 1 fully saturated rings. The number of aryl methyl sites for hydroxylation is 1. The monoisotopic (exact) mass is 422 g/mol. The lowest BCUT2D eigenvalue weighted by Gasteiger charge is -2.42. The zero-order valence-corrected chi connectivity index (χ0v) is 17.7. The number of esters is 1. The first-order valence-electron chi connectivity index (χ1n) is 9.03. The summed E-state index contributed by atoms with van der Waals surface area (Å²) in [4.78, 5) is 18.9. The molecule has 3 heterocycles. The Kier molecular flexibility index (Phi) is 5.45. The van der Waals surface area contributed by atoms with Gasteiger partial charge in [-0.25, -0.2) is 4.98 Å². The van der Waals surface area contributed by atoms with Crippen molar-refractivity contribution in [2.45, 2.75) is 40.7 Å². The Bertz CT molecular complexity index is 809. The number of furan rings is 1. The second-order valence-electron chi connectivity index (χ2n) is 8.37. The molecule has 1 aliphatic heterocycles. The van der Waals surface area contributed by atoms with Gasteiger partial charge in [0.05, 0.1) is 25.3 Å². The lowest BCUT2D eigenvalue weighted by molar-refractivity contribution is -0.149. The number of methoxy groups -OCH3 is 1. The van der Waals surface area contributed by atoms with Crippen molar-refractivity contribution in [2.24, 2.45) is 17.3 Å². The molecule has 26 heavy (non-hydrogen) atoms. The number of rotatable bonds is 3. The predicted octanol–water partition coefficient (Wildman–Crippen LogP) is 4.56. The smallest absolute Gasteiger partial charge is 0.309 e. The average molecular weight is 423 g/mol. The SMILES string of the molecule is COC(=O)[C@@H]1C[C@@H](C(C)(C)C)CN(Cc2cc3cc(Br)nc(C)c3o2)C1. The highest BCUT2D eigenvalue weighted by Crippen LogP contribution is 2.37. The molecule has 0 radical (unpaired) electrons. The molecule has 5 nitrogen and oxygen atoms in total. The molecular formula is C20H27BrN2O3. The summed E-state index contributed by atoms with van der Waals surface area (Å²) in [6, 6.07) is 4.05. The van der Waals surface area contributed by atoms with Crippen LogP contribution in [-0.2, 0) is 16.1 Å². The number of fused-ring (bicyclic) bond motifs is 1. The number of halogens is 1. The number of piperidine rings is 1. The number of ether oxygens (including phenoxy) is 1. The van der Waals surface area contributed by atoms with Crippen LogP contribution in [0, 0.1) is 24.2 Å². The van der Waals surface area contributed by atoms with E-state index in [4.69, 9.17) is 9.15 Å². The first-order valence-corrected chi connectivity index (χ1v) is 9.82. The number of nitrogens with zero attached hydrogens (tertiary/aromatic N) is 2. The highest BCUT2D eigenvalue weighted by Gasteiger charge is 2.37. The van der Waals surface area contributed by atoms with Crippen molar-refractivity contribution in [3.8, 4) is 0 Å². The zero-order chi connectivity index (χ0) is 19.1. The lowest BCUT2D eigenvalue weighted by atomic mass is 9.73. The van der Waals surface area contributed by atoms with E-state index in [1.54, 1.807) is 0 Å². The van der Waals surface area contributed by atoms with Crippen LogP contribution in [0.2, 0.25) is 0 Å². The van der Waals surface area contributed by atoms with Crippen LogP contribution in [0.4, 0.5) is 0 Å². The first-order chi connectivity index (χ1) is 12.2. The molecule has 1 aliphatic rings. The summed E-state index contributed by atoms with van der Waals surface area (Å²) in [6.45, 7) is 11.0. The van der Waals surface area contributed by atoms with Gasteiger partial charge in [-0.05, 0) is 52.7 Å². The maximum Gasteiger partial charge on any atom is 0.309 e. The molecule has 2 atom stereocenters. The number of pyridine rings is 1. The molecule has 0 saturated carbocycles. The van der Waals surface area contributed by atoms with E-state index in [0.29, 0.717) is 19.0 Å². The second kappa shape index (κ2) is 7.31. The number of likely N-dealkylation sites (tertiary alicyclic amines) is 1. The Balaban J connectivity index is 1.83. The number of carbonyl (C=O) groups is 1. The fourth-order valence-electron chi connectivity index (χ4n) is 3.80. The van der Waals surface area contributed by atoms with Crippen molar-refractivity contribution in [1.82, 2.24) is 9.88 Å². The Morgan fingerprint density at radius 1 is 1.38 bits per heavy atom. The normalized spacial score (nSPS) is 21.9. The van der Waals surface area contributed by atoms with Crippen LogP contribution in [-0.4, -0.2) is 36.1 Å². The largest absolute Gasteiger partial charge is 0.469 e. The van der Waals surface area contributed by atoms with Gasteiger partial charge in [-0.1, -0.05) is 20.8 Å². The third-order valence-corrected chi connectivity index (χ3v) is 5.76. The number of hydrogen-bond acceptors (Lipinski definition) is 5. The van der Waals surface area contributed by atoms with Gasteiger partial charge in [0.2, 0.25) is 0 Å². The van der Waals surface area contributed by atoms with Gasteiger partial charge < -0.3 is 9.15 Å². The van der Waals surface area contributed by atoms with Crippen molar-refractivity contribution in [3.63, 3.8) is 0 Å². The predicted molar refractivity (Wildman–Crippen MR) is 105 cm³/mol. The Labute approximate surface area is 163 Å². The van der Waals surface area contributed by atoms with Crippen molar-refractivity contribution >= 4 is 32.9 Å². The first kappa shape index (κ1) is 19.4. The number of hydrogen-bond donors (Lipinski definition) is 0. The highest BCUT2D eigenvalue weighted by molar-refractivity contribution is 9.10. The minimum absolute atomic E-state index is 0.0834. The van der Waals surface area contributed by atoms with E-state index >= 15 is 0 Å². The molecule has 0 N–H and O–H groups in total. The van der Waals surface area contributed by atoms with E-state index in [9.17, 15) is 4.79 Å². The number of carbonyl (C=O) groups excluding carboxylic acids is 1. The molecule has 6 heteroatoms. The van der Waals surface area contributed by atoms with E-state index in [2.05, 4.69) is 52.7 Å². The van der Waals surface area contributed by atoms with Gasteiger partial charge in [-0.2, -0.15) is 0 Å². The van der Waals surface area contributed by atoms with Crippen molar-refractivity contribution in [3.05, 3.63) is 28.2 Å². The Morgan fingerprint density at radius 2 is 2.12 bits per heavy atom. The number of aromatic nitrogens is 1. The molecule has 0 unspecified atom stereocenters. The summed E-state index contributed by atoms with van der Waals surface area (Å²) in [7, 11) is 1.47. The van der Waals surface area contributed by atoms with E-state index in [0.717, 1.165) is 40.0 Å². The quantitative estimate of drug-likeness (QED) is 0.535. The molecular weight excluding hydrogens is 396 g/mol. The van der Waals surface area contributed by atoms with Crippen LogP contribution < -0.4 is 0 Å². The average Bonchev–Trinajstić information content (AvgIpc) is 2.95. The molecule has 2 aromatic rings. The van der Waals surface area contributed by atoms with Gasteiger partial charge in [-0.15, -0.1) is 0 Å². The Morgan fingerprint density at radius 3 is 2.77 bits per heavy atom. The maximum absolute atomic E-state index is 12.2. The van der Waals surface area contributed by atoms with Crippen LogP contribution in [0.5, 0.6) is 0 Å². The van der Waals surface area contributed by atoms with E-state index in [-0.39, 0.29) is 17.3 Å². The molecule has 0 aromatic carbocycles. The Hall–Kier alpha value is -1.40. The fourth-order valence-corrected chi connectivity index (χ4v) is 4.32. The van der Waals surface area contributed by atoms with Gasteiger partial charge in [0.1, 0.15) is 10.4 Å². The molecule has 1 saturated heterocycles. The summed E-state index contributed by atoms with van der Waals surface area (Å²) in [5, 5.41) is 1.05. The minimum Gasteiger partial charge on any atom is -0.469 e. The maximum atomic E-state index is 12.2. The van der Waals surface area contributed by atoms with Crippen LogP contribution >= 0.6 is 15.9 Å². The van der Waals surface area contributed by atoms with E-state index < -0.39 is 0 Å². The molecule has 0 amide bonds. The third-order valence-electron chi connectivity index (χ3n) is 5.35. The van der Waals surface area contributed by atoms with Crippen molar-refractivity contribution in [2.75, 3.05) is 20.2 Å². The van der Waals surface area contributed by atoms with E-state index in [1.807, 2.05) is 13.0 Å². The van der Waals surface area contributed by atoms with Crippen LogP contribution in [0.3, 0.4) is 0 Å². The molecule has 3 rings (SSSR count). The summed E-state index contributed by atoms with van der Waals surface area (Å²) in [6.07, 6.45) is 0.878. The van der Waals surface area contributed by atoms with E-state index in [1.165, 1.54) is 7.11 Å². The summed E-state index contributed by atoms with van der Waals surface area (Å²) in [5.74, 6) is 1.14. The lowest BCUT2D eigenvalue weighted by Crippen LogP contribution is -2.46. The topological polar surface area (TPSA) is 55.6 Å². The molecule has 0 spiro atoms. The van der Waals surface area contributed by atoms with Gasteiger partial charge in [0.25, 0.3) is 0 Å². The van der Waals surface area contributed by atoms with Gasteiger partial charge in [-0.3, -0.25) is 9.69 Å². The van der Waals surface area contributed by atoms with Gasteiger partial charge in [0, 0.05) is 18.5 Å². The summed E-state index contributed by atoms with van der Waals surface area (Å²) >= 11 is 3.44. The van der Waals surface area contributed by atoms with Crippen LogP contribution in [0.1, 0.15) is 38.6 Å². The molecule has 142 valence electrons. The second-order valence-corrected chi connectivity index (χ2v) is 9.19. The standard InChI is InChI=1S/C20H27BrN2O3/c1-12-18-13(8-17(21)22-12)7-16(26-18)11-23-9-14(19(24)25-5)6-15(10-23)20(2,3)4/h7-8,14-15H,6,9-11H2,1-5H3/t14-,15-/m1/s1. The van der Waals surface area contributed by atoms with Gasteiger partial charge >= 0.3 is 5.97 Å². The highest BCUT2D eigenvalue weighted by atomic mass is 79.9. The third kappa shape index (κ3) is 4.12. The molecule has 0 bridgehead atoms. The molecule has 0 aliphatic carbocycles. The summed E-state index contributed by atoms with van der Waals surface area (Å²) in [5.41, 5.74) is 1.85. The minimum atomic E-state index is -0.113. The molecule has 2 aromatic heterocycles. The van der Waals surface area contributed by atoms with Crippen LogP contribution in [0.25, 0.3) is 11.0 Å². The van der Waals surface area contributed by atoms with Gasteiger partial charge in [0.15, 0.2) is 5.58 Å². The summed E-state index contributed by atoms with van der Waals surface area (Å²) < 4.78 is 11.9. The van der Waals surface area contributed by atoms with Crippen LogP contribution in [0.15, 0.2) is 21.2 Å². The zero-order valence-electron chi connectivity index (χ0n) is 16.1. The van der Waals surface area contributed by atoms with Crippen molar-refractivity contribution < 1.29 is 13.9 Å². The van der Waals surface area contributed by atoms with Crippen molar-refractivity contribution in [1.29, 1.82) is 0 Å².